The van der Waals surface area contributed by atoms with Crippen LogP contribution in [0.1, 0.15) is 16.1 Å². The van der Waals surface area contributed by atoms with Gasteiger partial charge in [0.25, 0.3) is 5.91 Å². The Balaban J connectivity index is 2.13. The molecule has 1 N–H and O–H groups in total. The zero-order chi connectivity index (χ0) is 17.0. The first-order valence-electron chi connectivity index (χ1n) is 7.52. The summed E-state index contributed by atoms with van der Waals surface area (Å²) in [5.74, 6) is -2.22. The highest BCUT2D eigenvalue weighted by atomic mass is 19.1. The van der Waals surface area contributed by atoms with Gasteiger partial charge in [-0.25, -0.2) is 13.2 Å². The van der Waals surface area contributed by atoms with E-state index in [-0.39, 0.29) is 11.5 Å². The Morgan fingerprint density at radius 1 is 1.00 bits per heavy atom. The number of aromatic nitrogens is 1. The molecule has 0 unspecified atom stereocenters. The fourth-order valence-electron chi connectivity index (χ4n) is 3.43. The molecule has 0 bridgehead atoms. The number of benzene rings is 2. The highest BCUT2D eigenvalue weighted by molar-refractivity contribution is 6.06. The summed E-state index contributed by atoms with van der Waals surface area (Å²) in [5.41, 5.74) is 2.33. The minimum Gasteiger partial charge on any atom is -0.349 e. The van der Waals surface area contributed by atoms with E-state index in [0.29, 0.717) is 40.8 Å². The molecule has 122 valence electrons. The van der Waals surface area contributed by atoms with Crippen LogP contribution in [0, 0.1) is 24.4 Å². The zero-order valence-electron chi connectivity index (χ0n) is 12.8. The first-order chi connectivity index (χ1) is 11.5. The number of amides is 1. The number of hydrogen-bond acceptors (Lipinski definition) is 1. The molecule has 1 aliphatic heterocycles. The average molecular weight is 330 g/mol. The second-order valence-electron chi connectivity index (χ2n) is 5.89. The van der Waals surface area contributed by atoms with Crippen LogP contribution in [0.2, 0.25) is 0 Å². The maximum absolute atomic E-state index is 14.1. The van der Waals surface area contributed by atoms with Crippen molar-refractivity contribution in [3.63, 3.8) is 0 Å². The molecule has 1 amide bonds. The van der Waals surface area contributed by atoms with E-state index in [1.807, 2.05) is 0 Å². The molecule has 2 heterocycles. The second kappa shape index (κ2) is 5.12. The number of aryl methyl sites for hydroxylation is 1. The number of hydrogen-bond donors (Lipinski definition) is 1. The van der Waals surface area contributed by atoms with E-state index in [0.717, 1.165) is 18.2 Å². The fourth-order valence-corrected chi connectivity index (χ4v) is 3.43. The first-order valence-corrected chi connectivity index (χ1v) is 7.52. The molecule has 6 heteroatoms. The van der Waals surface area contributed by atoms with Gasteiger partial charge in [0, 0.05) is 30.1 Å². The average Bonchev–Trinajstić information content (AvgIpc) is 2.80. The van der Waals surface area contributed by atoms with Crippen LogP contribution in [-0.2, 0) is 6.54 Å². The number of carbonyl (C=O) groups excluding carboxylic acids is 1. The lowest BCUT2D eigenvalue weighted by Gasteiger charge is -2.18. The van der Waals surface area contributed by atoms with Crippen LogP contribution in [0.25, 0.3) is 22.0 Å². The van der Waals surface area contributed by atoms with Gasteiger partial charge in [-0.2, -0.15) is 0 Å². The van der Waals surface area contributed by atoms with Crippen LogP contribution < -0.4 is 5.32 Å². The van der Waals surface area contributed by atoms with Crippen molar-refractivity contribution in [3.05, 3.63) is 59.0 Å². The number of nitrogens with zero attached hydrogens (tertiary/aromatic N) is 1. The Labute approximate surface area is 135 Å². The van der Waals surface area contributed by atoms with E-state index in [1.54, 1.807) is 11.5 Å². The largest absolute Gasteiger partial charge is 0.349 e. The van der Waals surface area contributed by atoms with Crippen LogP contribution in [0.3, 0.4) is 0 Å². The molecular weight excluding hydrogens is 317 g/mol. The molecule has 0 radical (unpaired) electrons. The van der Waals surface area contributed by atoms with Crippen molar-refractivity contribution in [3.8, 4) is 11.1 Å². The summed E-state index contributed by atoms with van der Waals surface area (Å²) < 4.78 is 43.2. The van der Waals surface area contributed by atoms with Crippen LogP contribution in [0.15, 0.2) is 30.3 Å². The molecule has 4 rings (SSSR count). The van der Waals surface area contributed by atoms with Crippen molar-refractivity contribution in [2.24, 2.45) is 0 Å². The Hall–Kier alpha value is -2.76. The Kier molecular flexibility index (Phi) is 3.16. The molecule has 1 aliphatic rings. The van der Waals surface area contributed by atoms with Gasteiger partial charge in [-0.1, -0.05) is 0 Å². The first kappa shape index (κ1) is 14.8. The van der Waals surface area contributed by atoms with Crippen LogP contribution >= 0.6 is 0 Å². The van der Waals surface area contributed by atoms with Crippen LogP contribution in [0.4, 0.5) is 13.2 Å². The van der Waals surface area contributed by atoms with Gasteiger partial charge in [-0.3, -0.25) is 4.79 Å². The minimum atomic E-state index is -0.734. The van der Waals surface area contributed by atoms with Crippen molar-refractivity contribution < 1.29 is 18.0 Å². The fraction of sp³-hybridized carbons (Fsp3) is 0.167. The maximum Gasteiger partial charge on any atom is 0.268 e. The van der Waals surface area contributed by atoms with Gasteiger partial charge in [0.15, 0.2) is 0 Å². The summed E-state index contributed by atoms with van der Waals surface area (Å²) in [7, 11) is 0. The Morgan fingerprint density at radius 2 is 1.67 bits per heavy atom. The van der Waals surface area contributed by atoms with Gasteiger partial charge in [-0.05, 0) is 42.3 Å². The van der Waals surface area contributed by atoms with E-state index in [2.05, 4.69) is 5.32 Å². The van der Waals surface area contributed by atoms with Crippen molar-refractivity contribution in [2.45, 2.75) is 13.5 Å². The van der Waals surface area contributed by atoms with E-state index >= 15 is 0 Å². The predicted molar refractivity (Wildman–Crippen MR) is 84.3 cm³/mol. The van der Waals surface area contributed by atoms with Crippen molar-refractivity contribution in [2.75, 3.05) is 6.54 Å². The van der Waals surface area contributed by atoms with Gasteiger partial charge in [0.1, 0.15) is 23.1 Å². The smallest absolute Gasteiger partial charge is 0.268 e. The van der Waals surface area contributed by atoms with Gasteiger partial charge in [-0.15, -0.1) is 0 Å². The summed E-state index contributed by atoms with van der Waals surface area (Å²) >= 11 is 0. The third-order valence-electron chi connectivity index (χ3n) is 4.38. The standard InChI is InChI=1S/C18H13F3N2O/c1-9-14-7-13(21)8-15(10-4-11(19)6-12(20)5-10)17(14)23-3-2-22-18(24)16(9)23/h4-8H,2-3H2,1H3,(H,22,24). The van der Waals surface area contributed by atoms with Gasteiger partial charge in [0.05, 0.1) is 5.52 Å². The monoisotopic (exact) mass is 330 g/mol. The highest BCUT2D eigenvalue weighted by Crippen LogP contribution is 2.36. The van der Waals surface area contributed by atoms with Crippen molar-refractivity contribution in [1.82, 2.24) is 9.88 Å². The van der Waals surface area contributed by atoms with Gasteiger partial charge in [0.2, 0.25) is 0 Å². The second-order valence-corrected chi connectivity index (χ2v) is 5.89. The molecule has 0 spiro atoms. The summed E-state index contributed by atoms with van der Waals surface area (Å²) in [6.07, 6.45) is 0. The topological polar surface area (TPSA) is 34.0 Å². The number of rotatable bonds is 1. The van der Waals surface area contributed by atoms with Gasteiger partial charge >= 0.3 is 0 Å². The quantitative estimate of drug-likeness (QED) is 0.724. The third-order valence-corrected chi connectivity index (χ3v) is 4.38. The zero-order valence-corrected chi connectivity index (χ0v) is 12.8. The number of carbonyl (C=O) groups is 1. The molecular formula is C18H13F3N2O. The molecule has 0 aliphatic carbocycles. The summed E-state index contributed by atoms with van der Waals surface area (Å²) in [5, 5.41) is 3.33. The van der Waals surface area contributed by atoms with E-state index in [9.17, 15) is 18.0 Å². The van der Waals surface area contributed by atoms with Crippen LogP contribution in [-0.4, -0.2) is 17.0 Å². The summed E-state index contributed by atoms with van der Waals surface area (Å²) in [4.78, 5) is 12.2. The third kappa shape index (κ3) is 2.10. The number of halogens is 3. The van der Waals surface area contributed by atoms with E-state index in [1.165, 1.54) is 12.1 Å². The lowest BCUT2D eigenvalue weighted by atomic mass is 10.0. The Morgan fingerprint density at radius 3 is 2.38 bits per heavy atom. The summed E-state index contributed by atoms with van der Waals surface area (Å²) in [6, 6.07) is 5.69. The molecule has 24 heavy (non-hydrogen) atoms. The lowest BCUT2D eigenvalue weighted by Crippen LogP contribution is -2.35. The molecule has 3 aromatic rings. The lowest BCUT2D eigenvalue weighted by molar-refractivity contribution is 0.0928. The molecule has 3 nitrogen and oxygen atoms in total. The number of nitrogens with one attached hydrogen (secondary N) is 1. The van der Waals surface area contributed by atoms with Crippen LogP contribution in [0.5, 0.6) is 0 Å². The van der Waals surface area contributed by atoms with Gasteiger partial charge < -0.3 is 9.88 Å². The van der Waals surface area contributed by atoms with Crippen molar-refractivity contribution in [1.29, 1.82) is 0 Å². The Bertz CT molecular complexity index is 987. The molecule has 0 saturated heterocycles. The van der Waals surface area contributed by atoms with E-state index in [4.69, 9.17) is 0 Å². The minimum absolute atomic E-state index is 0.230. The predicted octanol–water partition coefficient (Wildman–Crippen LogP) is 3.78. The normalized spacial score (nSPS) is 13.9. The molecule has 1 aromatic heterocycles. The molecule has 0 atom stereocenters. The maximum atomic E-state index is 14.1. The SMILES string of the molecule is Cc1c2n(c3c(-c4cc(F)cc(F)c4)cc(F)cc13)CCNC2=O. The highest BCUT2D eigenvalue weighted by Gasteiger charge is 2.26. The number of fused-ring (bicyclic) bond motifs is 3. The molecule has 0 fully saturated rings. The van der Waals surface area contributed by atoms with E-state index < -0.39 is 17.5 Å². The molecule has 0 saturated carbocycles. The summed E-state index contributed by atoms with van der Waals surface area (Å²) in [6.45, 7) is 2.71. The molecule has 2 aromatic carbocycles. The van der Waals surface area contributed by atoms with Crippen molar-refractivity contribution >= 4 is 16.8 Å².